The summed E-state index contributed by atoms with van der Waals surface area (Å²) in [6.45, 7) is 9.68. The Hall–Kier alpha value is -1.30. The van der Waals surface area contributed by atoms with E-state index in [4.69, 9.17) is 0 Å². The number of carbonyl (C=O) groups is 1. The molecule has 1 N–H and O–H groups in total. The third-order valence-corrected chi connectivity index (χ3v) is 6.69. The summed E-state index contributed by atoms with van der Waals surface area (Å²) < 4.78 is 0. The Morgan fingerprint density at radius 2 is 1.52 bits per heavy atom. The molecule has 0 aromatic rings. The standard InChI is InChI=1S/C21H39N5O/c1-21(9-5-6-10-21)18-23-20(22-2)26-15-13-24(14-16-26)17-19(27)25-11-7-3-4-8-12-25/h3-18H2,1-2H3,(H,22,23). The second-order valence-electron chi connectivity index (χ2n) is 8.98. The lowest BCUT2D eigenvalue weighted by Gasteiger charge is -2.37. The molecule has 0 radical (unpaired) electrons. The summed E-state index contributed by atoms with van der Waals surface area (Å²) in [5.41, 5.74) is 0.428. The van der Waals surface area contributed by atoms with Crippen molar-refractivity contribution in [1.82, 2.24) is 20.0 Å². The molecule has 0 atom stereocenters. The Balaban J connectivity index is 1.41. The fourth-order valence-electron chi connectivity index (χ4n) is 4.76. The van der Waals surface area contributed by atoms with Crippen molar-refractivity contribution in [3.63, 3.8) is 0 Å². The molecule has 2 saturated heterocycles. The molecular weight excluding hydrogens is 338 g/mol. The lowest BCUT2D eigenvalue weighted by Crippen LogP contribution is -2.55. The van der Waals surface area contributed by atoms with Crippen molar-refractivity contribution in [1.29, 1.82) is 0 Å². The molecule has 0 aromatic heterocycles. The van der Waals surface area contributed by atoms with Crippen LogP contribution < -0.4 is 5.32 Å². The van der Waals surface area contributed by atoms with Crippen LogP contribution in [0.5, 0.6) is 0 Å². The van der Waals surface area contributed by atoms with Crippen LogP contribution in [0.2, 0.25) is 0 Å². The molecule has 1 saturated carbocycles. The molecule has 1 aliphatic carbocycles. The molecule has 1 amide bonds. The number of carbonyl (C=O) groups excluding carboxylic acids is 1. The van der Waals surface area contributed by atoms with E-state index in [2.05, 4.69) is 31.9 Å². The van der Waals surface area contributed by atoms with Gasteiger partial charge in [0.25, 0.3) is 0 Å². The summed E-state index contributed by atoms with van der Waals surface area (Å²) in [5.74, 6) is 1.35. The van der Waals surface area contributed by atoms with Crippen molar-refractivity contribution >= 4 is 11.9 Å². The number of amides is 1. The number of nitrogens with zero attached hydrogens (tertiary/aromatic N) is 4. The van der Waals surface area contributed by atoms with Crippen molar-refractivity contribution in [3.05, 3.63) is 0 Å². The van der Waals surface area contributed by atoms with Gasteiger partial charge >= 0.3 is 0 Å². The second-order valence-corrected chi connectivity index (χ2v) is 8.98. The number of piperazine rings is 1. The molecule has 6 heteroatoms. The van der Waals surface area contributed by atoms with Crippen LogP contribution in [0.15, 0.2) is 4.99 Å². The average molecular weight is 378 g/mol. The highest BCUT2D eigenvalue weighted by Gasteiger charge is 2.30. The molecule has 0 unspecified atom stereocenters. The number of hydrogen-bond donors (Lipinski definition) is 1. The van der Waals surface area contributed by atoms with Gasteiger partial charge < -0.3 is 15.1 Å². The minimum atomic E-state index is 0.321. The fraction of sp³-hybridized carbons (Fsp3) is 0.905. The van der Waals surface area contributed by atoms with Gasteiger partial charge in [0.2, 0.25) is 5.91 Å². The van der Waals surface area contributed by atoms with Gasteiger partial charge in [-0.15, -0.1) is 0 Å². The lowest BCUT2D eigenvalue weighted by atomic mass is 9.89. The molecule has 154 valence electrons. The third-order valence-electron chi connectivity index (χ3n) is 6.69. The van der Waals surface area contributed by atoms with Crippen molar-refractivity contribution in [2.45, 2.75) is 58.3 Å². The fourth-order valence-corrected chi connectivity index (χ4v) is 4.76. The van der Waals surface area contributed by atoms with E-state index in [9.17, 15) is 4.79 Å². The predicted octanol–water partition coefficient (Wildman–Crippen LogP) is 2.16. The topological polar surface area (TPSA) is 51.2 Å². The first kappa shape index (κ1) is 20.4. The van der Waals surface area contributed by atoms with Crippen molar-refractivity contribution in [3.8, 4) is 0 Å². The zero-order valence-corrected chi connectivity index (χ0v) is 17.5. The second kappa shape index (κ2) is 9.76. The van der Waals surface area contributed by atoms with E-state index >= 15 is 0 Å². The maximum Gasteiger partial charge on any atom is 0.236 e. The Labute approximate surface area is 165 Å². The number of hydrogen-bond acceptors (Lipinski definition) is 3. The van der Waals surface area contributed by atoms with E-state index in [0.717, 1.165) is 51.8 Å². The first-order valence-corrected chi connectivity index (χ1v) is 11.1. The molecule has 0 bridgehead atoms. The average Bonchev–Trinajstić information content (AvgIpc) is 2.94. The normalized spacial score (nSPS) is 24.7. The Bertz CT molecular complexity index is 499. The maximum atomic E-state index is 12.6. The van der Waals surface area contributed by atoms with Crippen LogP contribution in [0.1, 0.15) is 58.3 Å². The van der Waals surface area contributed by atoms with Gasteiger partial charge in [0.1, 0.15) is 0 Å². The van der Waals surface area contributed by atoms with Gasteiger partial charge in [0.05, 0.1) is 6.54 Å². The van der Waals surface area contributed by atoms with Gasteiger partial charge in [0.15, 0.2) is 5.96 Å². The summed E-state index contributed by atoms with van der Waals surface area (Å²) in [7, 11) is 1.88. The molecule has 2 aliphatic heterocycles. The molecule has 3 aliphatic rings. The van der Waals surface area contributed by atoms with Gasteiger partial charge in [-0.1, -0.05) is 32.6 Å². The van der Waals surface area contributed by atoms with Gasteiger partial charge in [-0.2, -0.15) is 0 Å². The van der Waals surface area contributed by atoms with E-state index in [0.29, 0.717) is 17.9 Å². The van der Waals surface area contributed by atoms with Crippen LogP contribution in [0.3, 0.4) is 0 Å². The summed E-state index contributed by atoms with van der Waals surface area (Å²) in [6.07, 6.45) is 10.2. The minimum Gasteiger partial charge on any atom is -0.356 e. The highest BCUT2D eigenvalue weighted by atomic mass is 16.2. The monoisotopic (exact) mass is 377 g/mol. The number of likely N-dealkylation sites (tertiary alicyclic amines) is 1. The van der Waals surface area contributed by atoms with Crippen LogP contribution >= 0.6 is 0 Å². The quantitative estimate of drug-likeness (QED) is 0.603. The third kappa shape index (κ3) is 5.84. The van der Waals surface area contributed by atoms with Crippen molar-refractivity contribution < 1.29 is 4.79 Å². The van der Waals surface area contributed by atoms with Gasteiger partial charge in [-0.25, -0.2) is 0 Å². The SMILES string of the molecule is CN=C(NCC1(C)CCCC1)N1CCN(CC(=O)N2CCCCCC2)CC1. The van der Waals surface area contributed by atoms with Crippen LogP contribution in [0.25, 0.3) is 0 Å². The van der Waals surface area contributed by atoms with E-state index in [-0.39, 0.29) is 0 Å². The van der Waals surface area contributed by atoms with Gasteiger partial charge in [0, 0.05) is 52.9 Å². The smallest absolute Gasteiger partial charge is 0.236 e. The molecule has 3 rings (SSSR count). The molecule has 2 heterocycles. The van der Waals surface area contributed by atoms with Crippen molar-refractivity contribution in [2.24, 2.45) is 10.4 Å². The van der Waals surface area contributed by atoms with Gasteiger partial charge in [-0.3, -0.25) is 14.7 Å². The van der Waals surface area contributed by atoms with Crippen molar-refractivity contribution in [2.75, 3.05) is 59.4 Å². The molecule has 27 heavy (non-hydrogen) atoms. The molecule has 0 aromatic carbocycles. The van der Waals surface area contributed by atoms with Crippen LogP contribution in [-0.4, -0.2) is 86.0 Å². The molecule has 0 spiro atoms. The Morgan fingerprint density at radius 1 is 0.889 bits per heavy atom. The van der Waals surface area contributed by atoms with E-state index in [1.54, 1.807) is 0 Å². The lowest BCUT2D eigenvalue weighted by molar-refractivity contribution is -0.132. The van der Waals surface area contributed by atoms with Crippen LogP contribution in [0.4, 0.5) is 0 Å². The first-order chi connectivity index (χ1) is 13.1. The number of aliphatic imine (C=N–C) groups is 1. The number of nitrogens with one attached hydrogen (secondary N) is 1. The summed E-state index contributed by atoms with van der Waals surface area (Å²) in [4.78, 5) is 23.9. The minimum absolute atomic E-state index is 0.321. The zero-order valence-electron chi connectivity index (χ0n) is 17.5. The van der Waals surface area contributed by atoms with Crippen LogP contribution in [0, 0.1) is 5.41 Å². The number of guanidine groups is 1. The first-order valence-electron chi connectivity index (χ1n) is 11.1. The molecule has 3 fully saturated rings. The molecule has 6 nitrogen and oxygen atoms in total. The summed E-state index contributed by atoms with van der Waals surface area (Å²) in [5, 5.41) is 3.62. The van der Waals surface area contributed by atoms with E-state index in [1.165, 1.54) is 51.4 Å². The predicted molar refractivity (Wildman–Crippen MR) is 111 cm³/mol. The summed E-state index contributed by atoms with van der Waals surface area (Å²) >= 11 is 0. The Kier molecular flexibility index (Phi) is 7.39. The Morgan fingerprint density at radius 3 is 2.11 bits per heavy atom. The molecular formula is C21H39N5O. The van der Waals surface area contributed by atoms with Crippen LogP contribution in [-0.2, 0) is 4.79 Å². The largest absolute Gasteiger partial charge is 0.356 e. The number of rotatable bonds is 4. The highest BCUT2D eigenvalue weighted by Crippen LogP contribution is 2.36. The summed E-state index contributed by atoms with van der Waals surface area (Å²) in [6, 6.07) is 0. The maximum absolute atomic E-state index is 12.6. The highest BCUT2D eigenvalue weighted by molar-refractivity contribution is 5.80. The van der Waals surface area contributed by atoms with Gasteiger partial charge in [-0.05, 0) is 31.1 Å². The van der Waals surface area contributed by atoms with E-state index < -0.39 is 0 Å². The van der Waals surface area contributed by atoms with E-state index in [1.807, 2.05) is 7.05 Å². The zero-order chi connectivity index (χ0) is 19.1.